The first kappa shape index (κ1) is 21.1. The van der Waals surface area contributed by atoms with Crippen molar-refractivity contribution in [3.63, 3.8) is 0 Å². The van der Waals surface area contributed by atoms with Crippen molar-refractivity contribution in [1.82, 2.24) is 20.4 Å². The Kier molecular flexibility index (Phi) is 6.62. The number of rotatable bonds is 7. The molecule has 0 bridgehead atoms. The Hall–Kier alpha value is -3.19. The van der Waals surface area contributed by atoms with Gasteiger partial charge in [-0.1, -0.05) is 60.7 Å². The highest BCUT2D eigenvalue weighted by atomic mass is 16.2. The number of hydrogen-bond donors (Lipinski definition) is 2. The highest BCUT2D eigenvalue weighted by molar-refractivity contribution is 6.05. The molecule has 2 N–H and O–H groups in total. The average Bonchev–Trinajstić information content (AvgIpc) is 3.04. The predicted octanol–water partition coefficient (Wildman–Crippen LogP) is 2.28. The van der Waals surface area contributed by atoms with Gasteiger partial charge in [-0.15, -0.1) is 0 Å². The minimum absolute atomic E-state index is 0.0277. The summed E-state index contributed by atoms with van der Waals surface area (Å²) >= 11 is 0. The van der Waals surface area contributed by atoms with E-state index < -0.39 is 12.1 Å². The zero-order valence-electron chi connectivity index (χ0n) is 17.5. The molecule has 2 aromatic rings. The number of urea groups is 1. The van der Waals surface area contributed by atoms with Crippen LogP contribution in [0.1, 0.15) is 30.4 Å². The van der Waals surface area contributed by atoms with Crippen LogP contribution in [0.3, 0.4) is 0 Å². The van der Waals surface area contributed by atoms with Crippen LogP contribution in [-0.2, 0) is 22.7 Å². The minimum Gasteiger partial charge on any atom is -0.353 e. The normalized spacial score (nSPS) is 20.0. The number of likely N-dealkylation sites (tertiary alicyclic amines) is 1. The Morgan fingerprint density at radius 2 is 1.48 bits per heavy atom. The fourth-order valence-corrected chi connectivity index (χ4v) is 4.18. The van der Waals surface area contributed by atoms with Crippen molar-refractivity contribution in [1.29, 1.82) is 0 Å². The highest BCUT2D eigenvalue weighted by Gasteiger charge is 2.39. The molecule has 2 aliphatic heterocycles. The Morgan fingerprint density at radius 3 is 2.10 bits per heavy atom. The van der Waals surface area contributed by atoms with E-state index in [2.05, 4.69) is 27.7 Å². The van der Waals surface area contributed by atoms with E-state index in [1.165, 1.54) is 10.5 Å². The fourth-order valence-electron chi connectivity index (χ4n) is 4.18. The summed E-state index contributed by atoms with van der Waals surface area (Å²) in [5, 5.41) is 5.69. The molecule has 0 aliphatic carbocycles. The largest absolute Gasteiger partial charge is 0.353 e. The molecule has 4 amide bonds. The van der Waals surface area contributed by atoms with Gasteiger partial charge < -0.3 is 10.6 Å². The van der Waals surface area contributed by atoms with Crippen molar-refractivity contribution >= 4 is 17.8 Å². The third-order valence-corrected chi connectivity index (χ3v) is 5.88. The second kappa shape index (κ2) is 9.75. The Morgan fingerprint density at radius 1 is 0.903 bits per heavy atom. The van der Waals surface area contributed by atoms with E-state index in [1.807, 2.05) is 48.5 Å². The van der Waals surface area contributed by atoms with Crippen molar-refractivity contribution in [3.8, 4) is 0 Å². The van der Waals surface area contributed by atoms with E-state index in [9.17, 15) is 14.4 Å². The number of amides is 4. The van der Waals surface area contributed by atoms with Crippen molar-refractivity contribution < 1.29 is 14.4 Å². The van der Waals surface area contributed by atoms with Gasteiger partial charge in [0.05, 0.1) is 13.0 Å². The van der Waals surface area contributed by atoms with Gasteiger partial charge in [-0.3, -0.25) is 19.4 Å². The van der Waals surface area contributed by atoms with Gasteiger partial charge in [0.15, 0.2) is 0 Å². The summed E-state index contributed by atoms with van der Waals surface area (Å²) in [5.41, 5.74) is 2.17. The first-order valence-electron chi connectivity index (χ1n) is 10.8. The SMILES string of the molecule is O=C(CC1NC(=O)N(Cc2ccccc2)C1=O)NC1CCN(Cc2ccccc2)CC1. The lowest BCUT2D eigenvalue weighted by Gasteiger charge is -2.32. The molecule has 0 spiro atoms. The molecule has 1 atom stereocenters. The third-order valence-electron chi connectivity index (χ3n) is 5.88. The van der Waals surface area contributed by atoms with Crippen LogP contribution >= 0.6 is 0 Å². The second-order valence-electron chi connectivity index (χ2n) is 8.22. The molecule has 4 rings (SSSR count). The van der Waals surface area contributed by atoms with Gasteiger partial charge in [0.1, 0.15) is 6.04 Å². The summed E-state index contributed by atoms with van der Waals surface area (Å²) in [6.45, 7) is 2.97. The van der Waals surface area contributed by atoms with Crippen LogP contribution in [0.25, 0.3) is 0 Å². The van der Waals surface area contributed by atoms with Crippen LogP contribution in [-0.4, -0.2) is 52.8 Å². The molecule has 2 heterocycles. The highest BCUT2D eigenvalue weighted by Crippen LogP contribution is 2.16. The molecule has 162 valence electrons. The fraction of sp³-hybridized carbons (Fsp3) is 0.375. The van der Waals surface area contributed by atoms with Crippen LogP contribution in [0.5, 0.6) is 0 Å². The summed E-state index contributed by atoms with van der Waals surface area (Å²) in [6, 6.07) is 18.6. The maximum Gasteiger partial charge on any atom is 0.325 e. The Labute approximate surface area is 182 Å². The third kappa shape index (κ3) is 5.49. The Balaban J connectivity index is 1.22. The topological polar surface area (TPSA) is 81.8 Å². The number of nitrogens with zero attached hydrogens (tertiary/aromatic N) is 2. The van der Waals surface area contributed by atoms with Crippen LogP contribution in [0, 0.1) is 0 Å². The molecule has 7 heteroatoms. The standard InChI is InChI=1S/C24H28N4O3/c29-22(25-20-11-13-27(14-12-20)16-18-7-3-1-4-8-18)15-21-23(30)28(24(31)26-21)17-19-9-5-2-6-10-19/h1-10,20-21H,11-17H2,(H,25,29)(H,26,31). The number of carbonyl (C=O) groups excluding carboxylic acids is 3. The monoisotopic (exact) mass is 420 g/mol. The van der Waals surface area contributed by atoms with Gasteiger partial charge >= 0.3 is 6.03 Å². The van der Waals surface area contributed by atoms with Crippen molar-refractivity contribution in [2.75, 3.05) is 13.1 Å². The van der Waals surface area contributed by atoms with Crippen molar-refractivity contribution in [3.05, 3.63) is 71.8 Å². The smallest absolute Gasteiger partial charge is 0.325 e. The van der Waals surface area contributed by atoms with Gasteiger partial charge in [-0.05, 0) is 24.0 Å². The maximum atomic E-state index is 12.6. The number of benzene rings is 2. The molecule has 2 saturated heterocycles. The molecule has 31 heavy (non-hydrogen) atoms. The molecule has 0 radical (unpaired) electrons. The number of piperidine rings is 1. The molecule has 0 aromatic heterocycles. The zero-order valence-corrected chi connectivity index (χ0v) is 17.5. The summed E-state index contributed by atoms with van der Waals surface area (Å²) in [5.74, 6) is -0.539. The van der Waals surface area contributed by atoms with E-state index in [0.29, 0.717) is 0 Å². The second-order valence-corrected chi connectivity index (χ2v) is 8.22. The molecule has 0 saturated carbocycles. The summed E-state index contributed by atoms with van der Waals surface area (Å²) in [6.07, 6.45) is 1.73. The minimum atomic E-state index is -0.797. The van der Waals surface area contributed by atoms with Gasteiger partial charge in [0.25, 0.3) is 5.91 Å². The first-order valence-corrected chi connectivity index (χ1v) is 10.8. The van der Waals surface area contributed by atoms with E-state index in [1.54, 1.807) is 0 Å². The summed E-state index contributed by atoms with van der Waals surface area (Å²) in [4.78, 5) is 40.9. The molecule has 7 nitrogen and oxygen atoms in total. The van der Waals surface area contributed by atoms with Gasteiger partial charge in [0.2, 0.25) is 5.91 Å². The van der Waals surface area contributed by atoms with Gasteiger partial charge in [-0.2, -0.15) is 0 Å². The van der Waals surface area contributed by atoms with Gasteiger partial charge in [-0.25, -0.2) is 4.79 Å². The van der Waals surface area contributed by atoms with Crippen LogP contribution in [0.2, 0.25) is 0 Å². The van der Waals surface area contributed by atoms with Gasteiger partial charge in [0, 0.05) is 25.7 Å². The molecular weight excluding hydrogens is 392 g/mol. The molecule has 2 aliphatic rings. The molecule has 2 aromatic carbocycles. The lowest BCUT2D eigenvalue weighted by molar-refractivity contribution is -0.131. The zero-order chi connectivity index (χ0) is 21.6. The van der Waals surface area contributed by atoms with Crippen LogP contribution in [0.15, 0.2) is 60.7 Å². The van der Waals surface area contributed by atoms with E-state index in [0.717, 1.165) is 38.0 Å². The van der Waals surface area contributed by atoms with Crippen LogP contribution in [0.4, 0.5) is 4.79 Å². The number of nitrogens with one attached hydrogen (secondary N) is 2. The van der Waals surface area contributed by atoms with E-state index >= 15 is 0 Å². The Bertz CT molecular complexity index is 911. The number of hydrogen-bond acceptors (Lipinski definition) is 4. The lowest BCUT2D eigenvalue weighted by Crippen LogP contribution is -2.46. The summed E-state index contributed by atoms with van der Waals surface area (Å²) in [7, 11) is 0. The van der Waals surface area contributed by atoms with E-state index in [-0.39, 0.29) is 30.8 Å². The summed E-state index contributed by atoms with van der Waals surface area (Å²) < 4.78 is 0. The average molecular weight is 421 g/mol. The van der Waals surface area contributed by atoms with Crippen molar-refractivity contribution in [2.24, 2.45) is 0 Å². The molecule has 1 unspecified atom stereocenters. The molecule has 2 fully saturated rings. The first-order chi connectivity index (χ1) is 15.1. The lowest BCUT2D eigenvalue weighted by atomic mass is 10.0. The van der Waals surface area contributed by atoms with Crippen LogP contribution < -0.4 is 10.6 Å². The quantitative estimate of drug-likeness (QED) is 0.674. The maximum absolute atomic E-state index is 12.6. The van der Waals surface area contributed by atoms with Crippen molar-refractivity contribution in [2.45, 2.75) is 44.4 Å². The molecular formula is C24H28N4O3. The number of carbonyl (C=O) groups is 3. The number of imide groups is 1. The van der Waals surface area contributed by atoms with E-state index in [4.69, 9.17) is 0 Å². The predicted molar refractivity (Wildman–Crippen MR) is 117 cm³/mol.